The topological polar surface area (TPSA) is 66.9 Å². The molecular weight excluding hydrogens is 295 g/mol. The highest BCUT2D eigenvalue weighted by Crippen LogP contribution is 2.20. The molecule has 1 amide bonds. The van der Waals surface area contributed by atoms with Crippen LogP contribution in [0.1, 0.15) is 23.8 Å². The third-order valence-corrected chi connectivity index (χ3v) is 2.85. The Bertz CT molecular complexity index is 633. The Morgan fingerprint density at radius 3 is 2.81 bits per heavy atom. The number of hydrogen-bond donors (Lipinski definition) is 2. The van der Waals surface area contributed by atoms with Gasteiger partial charge in [0.1, 0.15) is 17.3 Å². The Labute approximate surface area is 126 Å². The molecule has 0 aliphatic heterocycles. The van der Waals surface area contributed by atoms with Crippen molar-refractivity contribution in [2.24, 2.45) is 0 Å². The summed E-state index contributed by atoms with van der Waals surface area (Å²) in [5, 5.41) is 5.78. The third-order valence-electron chi connectivity index (χ3n) is 2.62. The number of rotatable bonds is 5. The van der Waals surface area contributed by atoms with Crippen LogP contribution in [0, 0.1) is 5.82 Å². The molecular formula is C14H14ClFN4O. The van der Waals surface area contributed by atoms with Crippen molar-refractivity contribution in [3.05, 3.63) is 47.1 Å². The van der Waals surface area contributed by atoms with E-state index >= 15 is 0 Å². The molecule has 0 spiro atoms. The van der Waals surface area contributed by atoms with E-state index in [2.05, 4.69) is 20.6 Å². The molecule has 0 saturated heterocycles. The molecule has 0 aliphatic carbocycles. The van der Waals surface area contributed by atoms with Gasteiger partial charge in [0.2, 0.25) is 0 Å². The molecule has 2 rings (SSSR count). The van der Waals surface area contributed by atoms with Crippen LogP contribution in [0.2, 0.25) is 5.02 Å². The van der Waals surface area contributed by atoms with Crippen LogP contribution >= 0.6 is 11.6 Å². The molecule has 0 atom stereocenters. The Morgan fingerprint density at radius 2 is 2.14 bits per heavy atom. The number of nitrogens with zero attached hydrogens (tertiary/aromatic N) is 2. The first kappa shape index (κ1) is 15.2. The highest BCUT2D eigenvalue weighted by atomic mass is 35.5. The van der Waals surface area contributed by atoms with E-state index in [9.17, 15) is 9.18 Å². The molecule has 1 aromatic carbocycles. The summed E-state index contributed by atoms with van der Waals surface area (Å²) in [6, 6.07) is 3.92. The molecule has 0 radical (unpaired) electrons. The number of hydrogen-bond acceptors (Lipinski definition) is 4. The maximum absolute atomic E-state index is 13.5. The van der Waals surface area contributed by atoms with Crippen LogP contribution in [-0.2, 0) is 0 Å². The molecule has 0 unspecified atom stereocenters. The van der Waals surface area contributed by atoms with Crippen molar-refractivity contribution < 1.29 is 9.18 Å². The highest BCUT2D eigenvalue weighted by Gasteiger charge is 2.11. The quantitative estimate of drug-likeness (QED) is 0.889. The number of amides is 1. The standard InChI is InChI=1S/C14H14ClFN4O/c1-2-5-17-13-8-18-12(7-19-13)14(21)20-11-6-9(15)3-4-10(11)16/h3-4,6-8H,2,5H2,1H3,(H,17,19)(H,20,21). The largest absolute Gasteiger partial charge is 0.369 e. The van der Waals surface area contributed by atoms with Crippen molar-refractivity contribution in [1.82, 2.24) is 9.97 Å². The number of carbonyl (C=O) groups is 1. The highest BCUT2D eigenvalue weighted by molar-refractivity contribution is 6.31. The van der Waals surface area contributed by atoms with Gasteiger partial charge in [-0.05, 0) is 24.6 Å². The van der Waals surface area contributed by atoms with Gasteiger partial charge in [0, 0.05) is 11.6 Å². The molecule has 5 nitrogen and oxygen atoms in total. The molecule has 1 heterocycles. The molecule has 2 aromatic rings. The van der Waals surface area contributed by atoms with Gasteiger partial charge in [-0.3, -0.25) is 4.79 Å². The molecule has 21 heavy (non-hydrogen) atoms. The van der Waals surface area contributed by atoms with Crippen molar-refractivity contribution in [2.45, 2.75) is 13.3 Å². The average Bonchev–Trinajstić information content (AvgIpc) is 2.49. The fourth-order valence-corrected chi connectivity index (χ4v) is 1.74. The van der Waals surface area contributed by atoms with Crippen LogP contribution in [0.3, 0.4) is 0 Å². The fourth-order valence-electron chi connectivity index (χ4n) is 1.57. The summed E-state index contributed by atoms with van der Waals surface area (Å²) in [6.45, 7) is 2.80. The van der Waals surface area contributed by atoms with Crippen molar-refractivity contribution in [3.63, 3.8) is 0 Å². The molecule has 2 N–H and O–H groups in total. The Kier molecular flexibility index (Phi) is 5.05. The maximum Gasteiger partial charge on any atom is 0.275 e. The van der Waals surface area contributed by atoms with Crippen molar-refractivity contribution in [1.29, 1.82) is 0 Å². The summed E-state index contributed by atoms with van der Waals surface area (Å²) < 4.78 is 13.5. The Morgan fingerprint density at radius 1 is 1.33 bits per heavy atom. The van der Waals surface area contributed by atoms with Crippen molar-refractivity contribution in [2.75, 3.05) is 17.2 Å². The first-order valence-corrected chi connectivity index (χ1v) is 6.80. The first-order chi connectivity index (χ1) is 10.1. The van der Waals surface area contributed by atoms with Gasteiger partial charge >= 0.3 is 0 Å². The average molecular weight is 309 g/mol. The van der Waals surface area contributed by atoms with E-state index in [0.717, 1.165) is 13.0 Å². The predicted octanol–water partition coefficient (Wildman–Crippen LogP) is 3.34. The number of nitrogens with one attached hydrogen (secondary N) is 2. The normalized spacial score (nSPS) is 10.2. The van der Waals surface area contributed by atoms with E-state index in [0.29, 0.717) is 10.8 Å². The molecule has 0 saturated carbocycles. The molecule has 0 aliphatic rings. The van der Waals surface area contributed by atoms with Gasteiger partial charge in [0.15, 0.2) is 0 Å². The van der Waals surface area contributed by atoms with Gasteiger partial charge in [0.25, 0.3) is 5.91 Å². The Hall–Kier alpha value is -2.21. The maximum atomic E-state index is 13.5. The van der Waals surface area contributed by atoms with E-state index in [-0.39, 0.29) is 11.4 Å². The second-order valence-electron chi connectivity index (χ2n) is 4.29. The lowest BCUT2D eigenvalue weighted by atomic mass is 10.3. The number of carbonyl (C=O) groups excluding carboxylic acids is 1. The fraction of sp³-hybridized carbons (Fsp3) is 0.214. The zero-order valence-electron chi connectivity index (χ0n) is 11.4. The van der Waals surface area contributed by atoms with Crippen LogP contribution < -0.4 is 10.6 Å². The van der Waals surface area contributed by atoms with E-state index in [4.69, 9.17) is 11.6 Å². The predicted molar refractivity (Wildman–Crippen MR) is 80.2 cm³/mol. The van der Waals surface area contributed by atoms with Gasteiger partial charge in [-0.1, -0.05) is 18.5 Å². The second-order valence-corrected chi connectivity index (χ2v) is 4.73. The number of aromatic nitrogens is 2. The monoisotopic (exact) mass is 308 g/mol. The van der Waals surface area contributed by atoms with E-state index in [1.807, 2.05) is 6.92 Å². The second kappa shape index (κ2) is 6.99. The number of benzene rings is 1. The molecule has 7 heteroatoms. The third kappa shape index (κ3) is 4.13. The SMILES string of the molecule is CCCNc1cnc(C(=O)Nc2cc(Cl)ccc2F)cn1. The number of halogens is 2. The summed E-state index contributed by atoms with van der Waals surface area (Å²) in [7, 11) is 0. The molecule has 110 valence electrons. The minimum absolute atomic E-state index is 0.00230. The zero-order chi connectivity index (χ0) is 15.2. The summed E-state index contributed by atoms with van der Waals surface area (Å²) >= 11 is 5.76. The van der Waals surface area contributed by atoms with Crippen molar-refractivity contribution >= 4 is 29.0 Å². The first-order valence-electron chi connectivity index (χ1n) is 6.42. The van der Waals surface area contributed by atoms with Gasteiger partial charge in [-0.2, -0.15) is 0 Å². The van der Waals surface area contributed by atoms with E-state index < -0.39 is 11.7 Å². The van der Waals surface area contributed by atoms with Gasteiger partial charge in [-0.15, -0.1) is 0 Å². The van der Waals surface area contributed by atoms with Crippen molar-refractivity contribution in [3.8, 4) is 0 Å². The minimum atomic E-state index is -0.568. The van der Waals surface area contributed by atoms with Crippen LogP contribution in [0.25, 0.3) is 0 Å². The summed E-state index contributed by atoms with van der Waals surface area (Å²) in [6.07, 6.45) is 3.74. The van der Waals surface area contributed by atoms with Crippen LogP contribution in [0.4, 0.5) is 15.9 Å². The zero-order valence-corrected chi connectivity index (χ0v) is 12.1. The van der Waals surface area contributed by atoms with Gasteiger partial charge in [-0.25, -0.2) is 14.4 Å². The van der Waals surface area contributed by atoms with Gasteiger partial charge < -0.3 is 10.6 Å². The van der Waals surface area contributed by atoms with E-state index in [1.165, 1.54) is 30.6 Å². The summed E-state index contributed by atoms with van der Waals surface area (Å²) in [5.41, 5.74) is 0.0962. The molecule has 0 fully saturated rings. The van der Waals surface area contributed by atoms with Gasteiger partial charge in [0.05, 0.1) is 18.1 Å². The van der Waals surface area contributed by atoms with Crippen LogP contribution in [0.15, 0.2) is 30.6 Å². The minimum Gasteiger partial charge on any atom is -0.369 e. The summed E-state index contributed by atoms with van der Waals surface area (Å²) in [5.74, 6) is -0.532. The smallest absolute Gasteiger partial charge is 0.275 e. The summed E-state index contributed by atoms with van der Waals surface area (Å²) in [4.78, 5) is 20.0. The lowest BCUT2D eigenvalue weighted by Crippen LogP contribution is -2.15. The molecule has 1 aromatic heterocycles. The lowest BCUT2D eigenvalue weighted by molar-refractivity contribution is 0.102. The van der Waals surface area contributed by atoms with Crippen LogP contribution in [-0.4, -0.2) is 22.4 Å². The lowest BCUT2D eigenvalue weighted by Gasteiger charge is -2.07. The van der Waals surface area contributed by atoms with Crippen LogP contribution in [0.5, 0.6) is 0 Å². The Balaban J connectivity index is 2.07. The van der Waals surface area contributed by atoms with E-state index in [1.54, 1.807) is 0 Å². The molecule has 0 bridgehead atoms. The number of anilines is 2.